The number of halogens is 1. The first-order valence-corrected chi connectivity index (χ1v) is 11.7. The molecule has 4 N–H and O–H groups in total. The normalized spacial score (nSPS) is 21.1. The molecule has 4 rings (SSSR count). The number of hydrogen-bond donors (Lipinski definition) is 3. The van der Waals surface area contributed by atoms with Crippen LogP contribution in [0.2, 0.25) is 0 Å². The van der Waals surface area contributed by atoms with E-state index in [9.17, 15) is 19.5 Å². The van der Waals surface area contributed by atoms with Crippen LogP contribution in [0, 0.1) is 0 Å². The topological polar surface area (TPSA) is 156 Å². The van der Waals surface area contributed by atoms with Crippen LogP contribution in [-0.4, -0.2) is 65.2 Å². The Labute approximate surface area is 195 Å². The van der Waals surface area contributed by atoms with E-state index in [1.54, 1.807) is 31.3 Å². The maximum Gasteiger partial charge on any atom is 0.353 e. The summed E-state index contributed by atoms with van der Waals surface area (Å²) in [5.74, 6) is -1.59. The lowest BCUT2D eigenvalue weighted by Gasteiger charge is -2.49. The number of fused-ring (bicyclic) bond motifs is 1. The number of rotatable bonds is 7. The van der Waals surface area contributed by atoms with Crippen LogP contribution in [-0.2, 0) is 27.3 Å². The van der Waals surface area contributed by atoms with Crippen LogP contribution in [0.15, 0.2) is 40.0 Å². The molecule has 2 aliphatic heterocycles. The molecule has 0 saturated carbocycles. The Balaban J connectivity index is 1.48. The molecule has 0 bridgehead atoms. The van der Waals surface area contributed by atoms with Gasteiger partial charge in [0, 0.05) is 23.6 Å². The number of carbonyl (C=O) groups excluding carboxylic acids is 2. The number of carbonyl (C=O) groups is 3. The average Bonchev–Trinajstić information content (AvgIpc) is 3.20. The van der Waals surface area contributed by atoms with Crippen LogP contribution in [0.4, 0.5) is 0 Å². The minimum Gasteiger partial charge on any atom is -0.477 e. The van der Waals surface area contributed by atoms with Crippen LogP contribution < -0.4 is 11.1 Å². The van der Waals surface area contributed by atoms with Gasteiger partial charge in [0.2, 0.25) is 11.1 Å². The summed E-state index contributed by atoms with van der Waals surface area (Å²) in [7, 11) is 1.63. The number of nitrogens with two attached hydrogens (primary N) is 1. The van der Waals surface area contributed by atoms with Crippen molar-refractivity contribution in [1.29, 1.82) is 0 Å². The Bertz CT molecular complexity index is 1110. The number of carboxylic acid groups (broad SMARTS) is 1. The lowest BCUT2D eigenvalue weighted by atomic mass is 10.0. The number of aromatic nitrogens is 4. The second kappa shape index (κ2) is 9.10. The molecule has 1 aromatic heterocycles. The maximum absolute atomic E-state index is 12.8. The highest BCUT2D eigenvalue weighted by atomic mass is 35.5. The number of aryl methyl sites for hydroxylation is 1. The highest BCUT2D eigenvalue weighted by Gasteiger charge is 2.54. The smallest absolute Gasteiger partial charge is 0.353 e. The number of tetrazole rings is 1. The Morgan fingerprint density at radius 3 is 2.72 bits per heavy atom. The molecule has 1 saturated heterocycles. The molecule has 3 atom stereocenters. The minimum absolute atomic E-state index is 0.127. The third-order valence-corrected chi connectivity index (χ3v) is 7.89. The first-order chi connectivity index (χ1) is 15.3. The molecule has 0 radical (unpaired) electrons. The van der Waals surface area contributed by atoms with E-state index >= 15 is 0 Å². The Kier molecular flexibility index (Phi) is 6.42. The van der Waals surface area contributed by atoms with Crippen LogP contribution in [0.25, 0.3) is 0 Å². The quantitative estimate of drug-likeness (QED) is 0.363. The summed E-state index contributed by atoms with van der Waals surface area (Å²) in [5.41, 5.74) is 7.40. The molecule has 3 heterocycles. The number of thioether (sulfide) groups is 2. The maximum atomic E-state index is 12.8. The van der Waals surface area contributed by atoms with Gasteiger partial charge in [-0.15, -0.1) is 28.5 Å². The molecule has 2 amide bonds. The van der Waals surface area contributed by atoms with Gasteiger partial charge in [0.1, 0.15) is 23.2 Å². The molecule has 1 aromatic carbocycles. The molecule has 11 nitrogen and oxygen atoms in total. The van der Waals surface area contributed by atoms with E-state index in [1.165, 1.54) is 21.3 Å². The van der Waals surface area contributed by atoms with E-state index in [0.29, 0.717) is 27.3 Å². The molecule has 0 aliphatic carbocycles. The lowest BCUT2D eigenvalue weighted by molar-refractivity contribution is -0.150. The van der Waals surface area contributed by atoms with Crippen molar-refractivity contribution in [3.05, 3.63) is 46.0 Å². The molecule has 3 unspecified atom stereocenters. The van der Waals surface area contributed by atoms with Crippen molar-refractivity contribution in [1.82, 2.24) is 30.4 Å². The third kappa shape index (κ3) is 4.08. The molecule has 2 aliphatic rings. The monoisotopic (exact) mass is 495 g/mol. The lowest BCUT2D eigenvalue weighted by Crippen LogP contribution is -2.71. The fourth-order valence-corrected chi connectivity index (χ4v) is 5.86. The summed E-state index contributed by atoms with van der Waals surface area (Å²) in [6, 6.07) is 5.14. The standard InChI is InChI=1S/C18H18ClN7O4S2/c1-25-18(22-23-24-25)32-10-7-31-16-12(15(28)26(16)13(10)17(29)30)21-14(27)11(20)9-4-2-8(6-19)3-5-9/h2-5,11-12,16H,6-7,20H2,1H3,(H,21,27)(H,29,30). The van der Waals surface area contributed by atoms with Crippen molar-refractivity contribution in [2.75, 3.05) is 5.75 Å². The summed E-state index contributed by atoms with van der Waals surface area (Å²) >= 11 is 8.22. The van der Waals surface area contributed by atoms with Crippen LogP contribution in [0.3, 0.4) is 0 Å². The first-order valence-electron chi connectivity index (χ1n) is 9.34. The van der Waals surface area contributed by atoms with Crippen LogP contribution in [0.5, 0.6) is 0 Å². The molecule has 32 heavy (non-hydrogen) atoms. The number of carboxylic acids is 1. The van der Waals surface area contributed by atoms with Gasteiger partial charge in [-0.05, 0) is 33.3 Å². The second-order valence-electron chi connectivity index (χ2n) is 7.01. The van der Waals surface area contributed by atoms with E-state index in [2.05, 4.69) is 20.8 Å². The number of amides is 2. The van der Waals surface area contributed by atoms with Crippen LogP contribution in [0.1, 0.15) is 17.2 Å². The summed E-state index contributed by atoms with van der Waals surface area (Å²) in [5, 5.41) is 23.4. The molecule has 1 fully saturated rings. The number of aliphatic carboxylic acids is 1. The van der Waals surface area contributed by atoms with Gasteiger partial charge in [-0.1, -0.05) is 24.3 Å². The predicted octanol–water partition coefficient (Wildman–Crippen LogP) is 0.437. The Hall–Kier alpha value is -2.61. The number of nitrogens with zero attached hydrogens (tertiary/aromatic N) is 5. The third-order valence-electron chi connectivity index (χ3n) is 5.01. The second-order valence-corrected chi connectivity index (χ2v) is 9.45. The van der Waals surface area contributed by atoms with Gasteiger partial charge in [0.05, 0.1) is 0 Å². The highest BCUT2D eigenvalue weighted by Crippen LogP contribution is 2.44. The number of nitrogens with one attached hydrogen (secondary N) is 1. The van der Waals surface area contributed by atoms with Crippen molar-refractivity contribution in [3.63, 3.8) is 0 Å². The zero-order chi connectivity index (χ0) is 23.0. The van der Waals surface area contributed by atoms with Gasteiger partial charge in [0.15, 0.2) is 0 Å². The van der Waals surface area contributed by atoms with E-state index in [0.717, 1.165) is 17.3 Å². The SMILES string of the molecule is Cn1nnnc1SC1=C(C(=O)O)N2C(=O)C(NC(=O)C(N)c3ccc(CCl)cc3)C2SC1. The molecule has 168 valence electrons. The molecule has 14 heteroatoms. The summed E-state index contributed by atoms with van der Waals surface area (Å²) in [6.07, 6.45) is 0. The number of hydrogen-bond acceptors (Lipinski definition) is 9. The molecular weight excluding hydrogens is 478 g/mol. The predicted molar refractivity (Wildman–Crippen MR) is 117 cm³/mol. The number of β-lactam (4-membered cyclic amide) rings is 1. The molecule has 2 aromatic rings. The molecule has 0 spiro atoms. The van der Waals surface area contributed by atoms with E-state index in [4.69, 9.17) is 17.3 Å². The Morgan fingerprint density at radius 1 is 1.41 bits per heavy atom. The van der Waals surface area contributed by atoms with Gasteiger partial charge in [-0.25, -0.2) is 9.48 Å². The van der Waals surface area contributed by atoms with Crippen molar-refractivity contribution in [2.24, 2.45) is 12.8 Å². The van der Waals surface area contributed by atoms with E-state index in [-0.39, 0.29) is 5.70 Å². The number of benzene rings is 1. The first kappa shape index (κ1) is 22.6. The van der Waals surface area contributed by atoms with Gasteiger partial charge < -0.3 is 16.2 Å². The minimum atomic E-state index is -1.23. The Morgan fingerprint density at radius 2 is 2.12 bits per heavy atom. The van der Waals surface area contributed by atoms with Crippen molar-refractivity contribution >= 4 is 52.9 Å². The van der Waals surface area contributed by atoms with Gasteiger partial charge >= 0.3 is 5.97 Å². The largest absolute Gasteiger partial charge is 0.477 e. The van der Waals surface area contributed by atoms with E-state index in [1.807, 2.05) is 0 Å². The van der Waals surface area contributed by atoms with Gasteiger partial charge in [0.25, 0.3) is 5.91 Å². The van der Waals surface area contributed by atoms with Gasteiger partial charge in [-0.2, -0.15) is 0 Å². The van der Waals surface area contributed by atoms with E-state index < -0.39 is 35.2 Å². The van der Waals surface area contributed by atoms with Crippen molar-refractivity contribution in [2.45, 2.75) is 28.5 Å². The number of alkyl halides is 1. The zero-order valence-electron chi connectivity index (χ0n) is 16.6. The summed E-state index contributed by atoms with van der Waals surface area (Å²) in [4.78, 5) is 39.0. The average molecular weight is 496 g/mol. The van der Waals surface area contributed by atoms with Crippen molar-refractivity contribution in [3.8, 4) is 0 Å². The van der Waals surface area contributed by atoms with Crippen LogP contribution >= 0.6 is 35.1 Å². The zero-order valence-corrected chi connectivity index (χ0v) is 19.0. The highest BCUT2D eigenvalue weighted by molar-refractivity contribution is 8.06. The van der Waals surface area contributed by atoms with Crippen molar-refractivity contribution < 1.29 is 19.5 Å². The van der Waals surface area contributed by atoms with Gasteiger partial charge in [-0.3, -0.25) is 14.5 Å². The summed E-state index contributed by atoms with van der Waals surface area (Å²) in [6.45, 7) is 0. The fraction of sp³-hybridized carbons (Fsp3) is 0.333. The fourth-order valence-electron chi connectivity index (χ4n) is 3.30. The summed E-state index contributed by atoms with van der Waals surface area (Å²) < 4.78 is 1.41. The molecular formula is C18H18ClN7O4S2.